The number of rotatable bonds is 4. The highest BCUT2D eigenvalue weighted by molar-refractivity contribution is 7.09. The van der Waals surface area contributed by atoms with Crippen molar-refractivity contribution >= 4 is 17.3 Å². The van der Waals surface area contributed by atoms with E-state index in [-0.39, 0.29) is 6.04 Å². The molecule has 0 spiro atoms. The summed E-state index contributed by atoms with van der Waals surface area (Å²) in [5.74, 6) is 1.49. The van der Waals surface area contributed by atoms with Crippen LogP contribution in [0, 0.1) is 0 Å². The fraction of sp³-hybridized carbons (Fsp3) is 0.267. The van der Waals surface area contributed by atoms with Gasteiger partial charge in [0.15, 0.2) is 5.96 Å². The topological polar surface area (TPSA) is 50.9 Å². The summed E-state index contributed by atoms with van der Waals surface area (Å²) in [7, 11) is 1.68. The highest BCUT2D eigenvalue weighted by Crippen LogP contribution is 2.29. The van der Waals surface area contributed by atoms with E-state index in [1.165, 1.54) is 10.4 Å². The zero-order valence-corrected chi connectivity index (χ0v) is 12.1. The van der Waals surface area contributed by atoms with E-state index in [1.807, 2.05) is 12.1 Å². The molecule has 1 aliphatic rings. The molecular weight excluding hydrogens is 270 g/mol. The third-order valence-corrected chi connectivity index (χ3v) is 4.36. The van der Waals surface area contributed by atoms with Gasteiger partial charge in [-0.15, -0.1) is 11.3 Å². The van der Waals surface area contributed by atoms with Gasteiger partial charge in [-0.05, 0) is 29.1 Å². The molecule has 0 bridgehead atoms. The van der Waals surface area contributed by atoms with Gasteiger partial charge in [0.1, 0.15) is 5.75 Å². The normalized spacial score (nSPS) is 18.1. The fourth-order valence-electron chi connectivity index (χ4n) is 2.40. The lowest BCUT2D eigenvalue weighted by atomic mass is 10.1. The number of ether oxygens (including phenoxy) is 1. The minimum atomic E-state index is 0.211. The van der Waals surface area contributed by atoms with Crippen molar-refractivity contribution in [2.24, 2.45) is 10.7 Å². The minimum Gasteiger partial charge on any atom is -0.497 e. The SMILES string of the molecule is COc1ccc(C2CN=C(N)N2Cc2cccs2)cc1. The minimum absolute atomic E-state index is 0.211. The maximum absolute atomic E-state index is 6.04. The number of methoxy groups -OCH3 is 1. The van der Waals surface area contributed by atoms with Crippen LogP contribution in [0.3, 0.4) is 0 Å². The van der Waals surface area contributed by atoms with Crippen molar-refractivity contribution in [2.45, 2.75) is 12.6 Å². The average molecular weight is 287 g/mol. The van der Waals surface area contributed by atoms with E-state index in [9.17, 15) is 0 Å². The van der Waals surface area contributed by atoms with Crippen LogP contribution in [0.25, 0.3) is 0 Å². The lowest BCUT2D eigenvalue weighted by molar-refractivity contribution is 0.342. The first kappa shape index (κ1) is 13.0. The van der Waals surface area contributed by atoms with Crippen LogP contribution in [0.5, 0.6) is 5.75 Å². The third kappa shape index (κ3) is 2.49. The van der Waals surface area contributed by atoms with Gasteiger partial charge in [0.2, 0.25) is 0 Å². The molecule has 2 heterocycles. The largest absolute Gasteiger partial charge is 0.497 e. The number of benzene rings is 1. The van der Waals surface area contributed by atoms with E-state index in [0.29, 0.717) is 12.5 Å². The summed E-state index contributed by atoms with van der Waals surface area (Å²) in [6.07, 6.45) is 0. The zero-order valence-electron chi connectivity index (χ0n) is 11.3. The Morgan fingerprint density at radius 1 is 1.35 bits per heavy atom. The molecule has 1 atom stereocenters. The van der Waals surface area contributed by atoms with E-state index in [4.69, 9.17) is 10.5 Å². The molecule has 0 saturated heterocycles. The van der Waals surface area contributed by atoms with E-state index in [1.54, 1.807) is 18.4 Å². The van der Waals surface area contributed by atoms with E-state index in [0.717, 1.165) is 12.3 Å². The van der Waals surface area contributed by atoms with Crippen LogP contribution in [0.2, 0.25) is 0 Å². The average Bonchev–Trinajstić information content (AvgIpc) is 3.11. The number of nitrogens with two attached hydrogens (primary N) is 1. The Labute approximate surface area is 122 Å². The molecule has 0 amide bonds. The van der Waals surface area contributed by atoms with Gasteiger partial charge in [-0.25, -0.2) is 0 Å². The Kier molecular flexibility index (Phi) is 3.60. The van der Waals surface area contributed by atoms with E-state index >= 15 is 0 Å². The molecule has 0 saturated carbocycles. The third-order valence-electron chi connectivity index (χ3n) is 3.50. The van der Waals surface area contributed by atoms with Gasteiger partial charge in [0.05, 0.1) is 26.2 Å². The summed E-state index contributed by atoms with van der Waals surface area (Å²) in [5.41, 5.74) is 7.25. The second-order valence-corrected chi connectivity index (χ2v) is 5.73. The second-order valence-electron chi connectivity index (χ2n) is 4.70. The van der Waals surface area contributed by atoms with Crippen molar-refractivity contribution in [3.8, 4) is 5.75 Å². The van der Waals surface area contributed by atoms with Crippen LogP contribution in [-0.2, 0) is 6.54 Å². The van der Waals surface area contributed by atoms with E-state index in [2.05, 4.69) is 39.5 Å². The van der Waals surface area contributed by atoms with Gasteiger partial charge in [-0.2, -0.15) is 0 Å². The maximum atomic E-state index is 6.04. The number of guanidine groups is 1. The summed E-state index contributed by atoms with van der Waals surface area (Å²) < 4.78 is 5.20. The quantitative estimate of drug-likeness (QED) is 0.940. The van der Waals surface area contributed by atoms with Gasteiger partial charge in [0.25, 0.3) is 0 Å². The Bertz CT molecular complexity index is 592. The van der Waals surface area contributed by atoms with Crippen molar-refractivity contribution in [2.75, 3.05) is 13.7 Å². The number of hydrogen-bond acceptors (Lipinski definition) is 5. The summed E-state index contributed by atoms with van der Waals surface area (Å²) >= 11 is 1.74. The zero-order chi connectivity index (χ0) is 13.9. The molecule has 0 radical (unpaired) electrons. The molecular formula is C15H17N3OS. The molecule has 1 unspecified atom stereocenters. The summed E-state index contributed by atoms with van der Waals surface area (Å²) in [4.78, 5) is 7.85. The molecule has 2 aromatic rings. The van der Waals surface area contributed by atoms with Crippen molar-refractivity contribution in [1.82, 2.24) is 4.90 Å². The molecule has 1 aromatic heterocycles. The predicted octanol–water partition coefficient (Wildman–Crippen LogP) is 2.63. The first-order chi connectivity index (χ1) is 9.78. The smallest absolute Gasteiger partial charge is 0.192 e. The van der Waals surface area contributed by atoms with E-state index < -0.39 is 0 Å². The van der Waals surface area contributed by atoms with Crippen LogP contribution in [0.4, 0.5) is 0 Å². The Morgan fingerprint density at radius 3 is 2.80 bits per heavy atom. The lowest BCUT2D eigenvalue weighted by Gasteiger charge is -2.26. The molecule has 4 nitrogen and oxygen atoms in total. The van der Waals surface area contributed by atoms with Crippen LogP contribution < -0.4 is 10.5 Å². The maximum Gasteiger partial charge on any atom is 0.192 e. The van der Waals surface area contributed by atoms with Gasteiger partial charge < -0.3 is 15.4 Å². The highest BCUT2D eigenvalue weighted by atomic mass is 32.1. The van der Waals surface area contributed by atoms with Crippen LogP contribution in [0.1, 0.15) is 16.5 Å². The molecule has 0 aliphatic carbocycles. The van der Waals surface area contributed by atoms with Crippen molar-refractivity contribution in [3.05, 3.63) is 52.2 Å². The number of aliphatic imine (C=N–C) groups is 1. The van der Waals surface area contributed by atoms with Crippen LogP contribution in [-0.4, -0.2) is 24.5 Å². The Morgan fingerprint density at radius 2 is 2.15 bits per heavy atom. The predicted molar refractivity (Wildman–Crippen MR) is 82.1 cm³/mol. The number of hydrogen-bond donors (Lipinski definition) is 1. The number of nitrogens with zero attached hydrogens (tertiary/aromatic N) is 2. The fourth-order valence-corrected chi connectivity index (χ4v) is 3.10. The lowest BCUT2D eigenvalue weighted by Crippen LogP contribution is -2.35. The second kappa shape index (κ2) is 5.54. The Balaban J connectivity index is 1.81. The number of thiophene rings is 1. The van der Waals surface area contributed by atoms with Crippen molar-refractivity contribution in [1.29, 1.82) is 0 Å². The first-order valence-electron chi connectivity index (χ1n) is 6.51. The van der Waals surface area contributed by atoms with Gasteiger partial charge in [0, 0.05) is 4.88 Å². The van der Waals surface area contributed by atoms with Crippen molar-refractivity contribution in [3.63, 3.8) is 0 Å². The molecule has 5 heteroatoms. The molecule has 20 heavy (non-hydrogen) atoms. The standard InChI is InChI=1S/C15H17N3OS/c1-19-12-6-4-11(5-7-12)14-9-17-15(16)18(14)10-13-3-2-8-20-13/h2-8,14H,9-10H2,1H3,(H2,16,17). The summed E-state index contributed by atoms with van der Waals surface area (Å²) in [5, 5.41) is 2.08. The molecule has 104 valence electrons. The molecule has 1 aromatic carbocycles. The summed E-state index contributed by atoms with van der Waals surface area (Å²) in [6, 6.07) is 12.5. The molecule has 0 fully saturated rings. The molecule has 2 N–H and O–H groups in total. The highest BCUT2D eigenvalue weighted by Gasteiger charge is 2.27. The van der Waals surface area contributed by atoms with Gasteiger partial charge in [-0.1, -0.05) is 18.2 Å². The van der Waals surface area contributed by atoms with Crippen molar-refractivity contribution < 1.29 is 4.74 Å². The molecule has 1 aliphatic heterocycles. The summed E-state index contributed by atoms with van der Waals surface area (Å²) in [6.45, 7) is 1.52. The van der Waals surface area contributed by atoms with Gasteiger partial charge >= 0.3 is 0 Å². The first-order valence-corrected chi connectivity index (χ1v) is 7.39. The van der Waals surface area contributed by atoms with Crippen LogP contribution >= 0.6 is 11.3 Å². The van der Waals surface area contributed by atoms with Gasteiger partial charge in [-0.3, -0.25) is 4.99 Å². The van der Waals surface area contributed by atoms with Crippen LogP contribution in [0.15, 0.2) is 46.8 Å². The Hall–Kier alpha value is -2.01. The monoisotopic (exact) mass is 287 g/mol. The molecule has 3 rings (SSSR count).